The topological polar surface area (TPSA) is 49.2 Å². The van der Waals surface area contributed by atoms with Gasteiger partial charge in [-0.2, -0.15) is 0 Å². The van der Waals surface area contributed by atoms with Crippen molar-refractivity contribution in [3.05, 3.63) is 53.5 Å². The van der Waals surface area contributed by atoms with E-state index < -0.39 is 0 Å². The minimum Gasteiger partial charge on any atom is -0.392 e. The number of aliphatic hydroxyl groups is 1. The molecule has 2 aromatic heterocycles. The second-order valence-electron chi connectivity index (χ2n) is 4.51. The van der Waals surface area contributed by atoms with Gasteiger partial charge in [-0.15, -0.1) is 0 Å². The van der Waals surface area contributed by atoms with Gasteiger partial charge >= 0.3 is 0 Å². The van der Waals surface area contributed by atoms with E-state index in [1.54, 1.807) is 18.6 Å². The van der Waals surface area contributed by atoms with Crippen LogP contribution in [-0.2, 0) is 13.2 Å². The minimum absolute atomic E-state index is 0.0323. The summed E-state index contributed by atoms with van der Waals surface area (Å²) in [5.41, 5.74) is 3.15. The zero-order chi connectivity index (χ0) is 13.7. The van der Waals surface area contributed by atoms with Crippen molar-refractivity contribution in [3.8, 4) is 0 Å². The van der Waals surface area contributed by atoms with Crippen LogP contribution in [-0.4, -0.2) is 21.6 Å². The zero-order valence-corrected chi connectivity index (χ0v) is 11.4. The molecule has 0 aliphatic rings. The minimum atomic E-state index is 0.0323. The van der Waals surface area contributed by atoms with Crippen molar-refractivity contribution in [3.63, 3.8) is 0 Å². The van der Waals surface area contributed by atoms with E-state index >= 15 is 0 Å². The van der Waals surface area contributed by atoms with E-state index in [1.807, 2.05) is 25.1 Å². The van der Waals surface area contributed by atoms with Crippen molar-refractivity contribution in [2.45, 2.75) is 27.0 Å². The molecule has 19 heavy (non-hydrogen) atoms. The predicted molar refractivity (Wildman–Crippen MR) is 75.9 cm³/mol. The Bertz CT molecular complexity index is 528. The number of hydrogen-bond acceptors (Lipinski definition) is 4. The molecule has 0 unspecified atom stereocenters. The van der Waals surface area contributed by atoms with Gasteiger partial charge in [0.05, 0.1) is 6.61 Å². The van der Waals surface area contributed by atoms with Crippen LogP contribution in [0.15, 0.2) is 36.8 Å². The number of rotatable bonds is 5. The van der Waals surface area contributed by atoms with Crippen LogP contribution in [0.4, 0.5) is 5.82 Å². The molecule has 0 atom stereocenters. The first kappa shape index (κ1) is 13.5. The summed E-state index contributed by atoms with van der Waals surface area (Å²) in [6, 6.07) is 6.01. The van der Waals surface area contributed by atoms with E-state index in [2.05, 4.69) is 21.8 Å². The maximum absolute atomic E-state index is 9.12. The maximum atomic E-state index is 9.12. The second kappa shape index (κ2) is 6.29. The van der Waals surface area contributed by atoms with Gasteiger partial charge in [0, 0.05) is 31.7 Å². The van der Waals surface area contributed by atoms with E-state index in [9.17, 15) is 0 Å². The number of pyridine rings is 2. The standard InChI is InChI=1S/C15H19N3O/c1-3-18(10-13-4-6-16-7-5-13)15-12(2)8-14(11-19)9-17-15/h4-9,19H,3,10-11H2,1-2H3. The Labute approximate surface area is 113 Å². The molecule has 1 N–H and O–H groups in total. The van der Waals surface area contributed by atoms with Gasteiger partial charge < -0.3 is 10.0 Å². The lowest BCUT2D eigenvalue weighted by Gasteiger charge is -2.24. The van der Waals surface area contributed by atoms with Crippen molar-refractivity contribution in [2.75, 3.05) is 11.4 Å². The zero-order valence-electron chi connectivity index (χ0n) is 11.4. The summed E-state index contributed by atoms with van der Waals surface area (Å²) < 4.78 is 0. The van der Waals surface area contributed by atoms with Crippen molar-refractivity contribution in [1.29, 1.82) is 0 Å². The van der Waals surface area contributed by atoms with Crippen LogP contribution >= 0.6 is 0 Å². The Balaban J connectivity index is 2.22. The summed E-state index contributed by atoms with van der Waals surface area (Å²) in [5.74, 6) is 0.969. The van der Waals surface area contributed by atoms with Gasteiger partial charge in [0.1, 0.15) is 5.82 Å². The first-order valence-corrected chi connectivity index (χ1v) is 6.44. The largest absolute Gasteiger partial charge is 0.392 e. The lowest BCUT2D eigenvalue weighted by molar-refractivity contribution is 0.281. The van der Waals surface area contributed by atoms with Crippen LogP contribution in [0, 0.1) is 6.92 Å². The van der Waals surface area contributed by atoms with Gasteiger partial charge in [0.2, 0.25) is 0 Å². The van der Waals surface area contributed by atoms with Gasteiger partial charge in [-0.1, -0.05) is 0 Å². The van der Waals surface area contributed by atoms with Gasteiger partial charge in [0.25, 0.3) is 0 Å². The van der Waals surface area contributed by atoms with Gasteiger partial charge in [-0.25, -0.2) is 4.98 Å². The molecule has 0 saturated carbocycles. The molecule has 0 saturated heterocycles. The highest BCUT2D eigenvalue weighted by Crippen LogP contribution is 2.19. The lowest BCUT2D eigenvalue weighted by atomic mass is 10.2. The number of hydrogen-bond donors (Lipinski definition) is 1. The highest BCUT2D eigenvalue weighted by atomic mass is 16.3. The molecule has 0 bridgehead atoms. The normalized spacial score (nSPS) is 10.5. The molecule has 100 valence electrons. The molecule has 0 aliphatic carbocycles. The fourth-order valence-electron chi connectivity index (χ4n) is 2.09. The third-order valence-electron chi connectivity index (χ3n) is 3.09. The van der Waals surface area contributed by atoms with Crippen LogP contribution in [0.1, 0.15) is 23.6 Å². The number of aryl methyl sites for hydroxylation is 1. The number of anilines is 1. The molecule has 0 spiro atoms. The summed E-state index contributed by atoms with van der Waals surface area (Å²) in [4.78, 5) is 10.7. The number of nitrogens with zero attached hydrogens (tertiary/aromatic N) is 3. The quantitative estimate of drug-likeness (QED) is 0.893. The average molecular weight is 257 g/mol. The lowest BCUT2D eigenvalue weighted by Crippen LogP contribution is -2.24. The van der Waals surface area contributed by atoms with E-state index in [0.29, 0.717) is 0 Å². The third-order valence-corrected chi connectivity index (χ3v) is 3.09. The Hall–Kier alpha value is -1.94. The van der Waals surface area contributed by atoms with E-state index in [4.69, 9.17) is 5.11 Å². The number of aliphatic hydroxyl groups excluding tert-OH is 1. The van der Waals surface area contributed by atoms with E-state index in [0.717, 1.165) is 30.0 Å². The average Bonchev–Trinajstić information content (AvgIpc) is 2.46. The fourth-order valence-corrected chi connectivity index (χ4v) is 2.09. The van der Waals surface area contributed by atoms with Crippen LogP contribution < -0.4 is 4.90 Å². The predicted octanol–water partition coefficient (Wildman–Crippen LogP) is 2.30. The highest BCUT2D eigenvalue weighted by Gasteiger charge is 2.10. The molecule has 0 aromatic carbocycles. The second-order valence-corrected chi connectivity index (χ2v) is 4.51. The molecule has 2 rings (SSSR count). The molecular weight excluding hydrogens is 238 g/mol. The van der Waals surface area contributed by atoms with E-state index in [-0.39, 0.29) is 6.61 Å². The van der Waals surface area contributed by atoms with E-state index in [1.165, 1.54) is 5.56 Å². The van der Waals surface area contributed by atoms with Crippen LogP contribution in [0.2, 0.25) is 0 Å². The summed E-state index contributed by atoms with van der Waals surface area (Å²) in [5, 5.41) is 9.12. The van der Waals surface area contributed by atoms with Gasteiger partial charge in [-0.3, -0.25) is 4.98 Å². The van der Waals surface area contributed by atoms with Crippen LogP contribution in [0.3, 0.4) is 0 Å². The highest BCUT2D eigenvalue weighted by molar-refractivity contribution is 5.47. The maximum Gasteiger partial charge on any atom is 0.131 e. The molecule has 2 heterocycles. The first-order valence-electron chi connectivity index (χ1n) is 6.44. The Morgan fingerprint density at radius 1 is 1.21 bits per heavy atom. The van der Waals surface area contributed by atoms with Crippen molar-refractivity contribution < 1.29 is 5.11 Å². The molecular formula is C15H19N3O. The number of aromatic nitrogens is 2. The Morgan fingerprint density at radius 3 is 2.53 bits per heavy atom. The van der Waals surface area contributed by atoms with Gasteiger partial charge in [-0.05, 0) is 48.7 Å². The van der Waals surface area contributed by atoms with Crippen molar-refractivity contribution in [2.24, 2.45) is 0 Å². The Morgan fingerprint density at radius 2 is 1.95 bits per heavy atom. The first-order chi connectivity index (χ1) is 9.24. The summed E-state index contributed by atoms with van der Waals surface area (Å²) in [7, 11) is 0. The molecule has 0 fully saturated rings. The molecule has 4 nitrogen and oxygen atoms in total. The Kier molecular flexibility index (Phi) is 4.47. The summed E-state index contributed by atoms with van der Waals surface area (Å²) >= 11 is 0. The third kappa shape index (κ3) is 3.29. The molecule has 4 heteroatoms. The summed E-state index contributed by atoms with van der Waals surface area (Å²) in [6.45, 7) is 5.86. The molecule has 2 aromatic rings. The SMILES string of the molecule is CCN(Cc1ccncc1)c1ncc(CO)cc1C. The fraction of sp³-hybridized carbons (Fsp3) is 0.333. The summed E-state index contributed by atoms with van der Waals surface area (Å²) in [6.07, 6.45) is 5.34. The van der Waals surface area contributed by atoms with Crippen LogP contribution in [0.25, 0.3) is 0 Å². The monoisotopic (exact) mass is 257 g/mol. The molecule has 0 radical (unpaired) electrons. The molecule has 0 amide bonds. The smallest absolute Gasteiger partial charge is 0.131 e. The van der Waals surface area contributed by atoms with Gasteiger partial charge in [0.15, 0.2) is 0 Å². The van der Waals surface area contributed by atoms with Crippen LogP contribution in [0.5, 0.6) is 0 Å². The van der Waals surface area contributed by atoms with Crippen molar-refractivity contribution >= 4 is 5.82 Å². The molecule has 0 aliphatic heterocycles. The van der Waals surface area contributed by atoms with Crippen molar-refractivity contribution in [1.82, 2.24) is 9.97 Å².